The summed E-state index contributed by atoms with van der Waals surface area (Å²) in [5.74, 6) is -0.986. The molecule has 6 heteroatoms. The number of benzene rings is 3. The first-order valence-electron chi connectivity index (χ1n) is 10.9. The van der Waals surface area contributed by atoms with Crippen LogP contribution in [0.4, 0.5) is 27.5 Å². The SMILES string of the molecule is CCCCCNC(=O)N(C)c1c2ccc(-c3ccccc3)c1N2c1ccccc1C(=O)O. The summed E-state index contributed by atoms with van der Waals surface area (Å²) in [6.45, 7) is 2.76. The largest absolute Gasteiger partial charge is 0.478 e. The van der Waals surface area contributed by atoms with Gasteiger partial charge < -0.3 is 15.3 Å². The minimum atomic E-state index is -0.986. The van der Waals surface area contributed by atoms with Crippen molar-refractivity contribution in [2.24, 2.45) is 0 Å². The van der Waals surface area contributed by atoms with Crippen LogP contribution in [-0.4, -0.2) is 30.7 Å². The van der Waals surface area contributed by atoms with Crippen molar-refractivity contribution in [3.8, 4) is 11.1 Å². The molecule has 0 atom stereocenters. The molecule has 4 rings (SSSR count). The third-order valence-corrected chi connectivity index (χ3v) is 5.75. The number of unbranched alkanes of at least 4 members (excludes halogenated alkanes) is 2. The maximum atomic E-state index is 12.9. The number of amides is 2. The standard InChI is InChI=1S/C26H27N3O3/c1-3-4-10-17-27-26(32)28(2)24-22-16-15-19(18-11-6-5-7-12-18)23(24)29(22)21-14-9-8-13-20(21)25(30)31/h5-9,11-16H,3-4,10,17H2,1-2H3,(H,27,32)(H,30,31). The molecule has 0 aromatic heterocycles. The molecule has 2 amide bonds. The fourth-order valence-corrected chi connectivity index (χ4v) is 4.11. The molecule has 0 spiro atoms. The number of urea groups is 1. The number of hydrogen-bond acceptors (Lipinski definition) is 3. The van der Waals surface area contributed by atoms with Crippen LogP contribution in [0.2, 0.25) is 0 Å². The molecule has 3 aromatic rings. The van der Waals surface area contributed by atoms with Crippen LogP contribution in [0.1, 0.15) is 36.5 Å². The number of para-hydroxylation sites is 1. The van der Waals surface area contributed by atoms with Gasteiger partial charge in [0.2, 0.25) is 0 Å². The molecule has 2 N–H and O–H groups in total. The van der Waals surface area contributed by atoms with Crippen LogP contribution < -0.4 is 15.1 Å². The summed E-state index contributed by atoms with van der Waals surface area (Å²) < 4.78 is 0. The normalized spacial score (nSPS) is 11.6. The van der Waals surface area contributed by atoms with Gasteiger partial charge in [-0.05, 0) is 30.2 Å². The van der Waals surface area contributed by atoms with Crippen molar-refractivity contribution in [1.29, 1.82) is 0 Å². The summed E-state index contributed by atoms with van der Waals surface area (Å²) in [5.41, 5.74) is 5.18. The van der Waals surface area contributed by atoms with E-state index in [0.29, 0.717) is 12.2 Å². The van der Waals surface area contributed by atoms with E-state index in [1.165, 1.54) is 0 Å². The van der Waals surface area contributed by atoms with Crippen molar-refractivity contribution >= 4 is 34.7 Å². The lowest BCUT2D eigenvalue weighted by molar-refractivity contribution is 0.0697. The topological polar surface area (TPSA) is 72.9 Å². The number of carbonyl (C=O) groups is 2. The molecule has 1 aliphatic heterocycles. The van der Waals surface area contributed by atoms with E-state index in [9.17, 15) is 14.7 Å². The summed E-state index contributed by atoms with van der Waals surface area (Å²) in [4.78, 5) is 28.3. The number of anilines is 4. The van der Waals surface area contributed by atoms with Crippen molar-refractivity contribution in [3.05, 3.63) is 72.3 Å². The van der Waals surface area contributed by atoms with E-state index in [-0.39, 0.29) is 11.6 Å². The average molecular weight is 430 g/mol. The molecule has 164 valence electrons. The van der Waals surface area contributed by atoms with Crippen molar-refractivity contribution in [2.45, 2.75) is 26.2 Å². The summed E-state index contributed by atoms with van der Waals surface area (Å²) >= 11 is 0. The lowest BCUT2D eigenvalue weighted by Crippen LogP contribution is -2.41. The summed E-state index contributed by atoms with van der Waals surface area (Å²) in [5, 5.41) is 12.7. The molecular weight excluding hydrogens is 402 g/mol. The monoisotopic (exact) mass is 429 g/mol. The Labute approximate surface area is 188 Å². The Morgan fingerprint density at radius 2 is 1.66 bits per heavy atom. The van der Waals surface area contributed by atoms with Crippen molar-refractivity contribution in [2.75, 3.05) is 23.4 Å². The minimum absolute atomic E-state index is 0.167. The van der Waals surface area contributed by atoms with Gasteiger partial charge in [0.25, 0.3) is 0 Å². The highest BCUT2D eigenvalue weighted by atomic mass is 16.4. The highest BCUT2D eigenvalue weighted by Gasteiger charge is 2.38. The lowest BCUT2D eigenvalue weighted by atomic mass is 9.92. The Balaban J connectivity index is 1.75. The fourth-order valence-electron chi connectivity index (χ4n) is 4.11. The zero-order valence-corrected chi connectivity index (χ0v) is 18.3. The second kappa shape index (κ2) is 9.14. The first-order valence-corrected chi connectivity index (χ1v) is 10.9. The van der Waals surface area contributed by atoms with Crippen molar-refractivity contribution in [1.82, 2.24) is 5.32 Å². The Hall–Kier alpha value is -3.80. The predicted octanol–water partition coefficient (Wildman–Crippen LogP) is 6.17. The van der Waals surface area contributed by atoms with Crippen molar-refractivity contribution < 1.29 is 14.7 Å². The van der Waals surface area contributed by atoms with Crippen LogP contribution in [0.5, 0.6) is 0 Å². The maximum absolute atomic E-state index is 12.9. The Bertz CT molecular complexity index is 1140. The number of carboxylic acid groups (broad SMARTS) is 1. The van der Waals surface area contributed by atoms with Gasteiger partial charge in [0.1, 0.15) is 0 Å². The van der Waals surface area contributed by atoms with E-state index in [2.05, 4.69) is 12.2 Å². The van der Waals surface area contributed by atoms with E-state index in [0.717, 1.165) is 47.5 Å². The number of rotatable bonds is 8. The zero-order chi connectivity index (χ0) is 22.7. The van der Waals surface area contributed by atoms with Crippen molar-refractivity contribution in [3.63, 3.8) is 0 Å². The van der Waals surface area contributed by atoms with Crippen LogP contribution in [0.15, 0.2) is 66.7 Å². The average Bonchev–Trinajstić information content (AvgIpc) is 2.82. The second-order valence-electron chi connectivity index (χ2n) is 7.85. The molecule has 1 aliphatic rings. The van der Waals surface area contributed by atoms with Gasteiger partial charge in [-0.3, -0.25) is 4.90 Å². The van der Waals surface area contributed by atoms with E-state index in [4.69, 9.17) is 0 Å². The van der Waals surface area contributed by atoms with Crippen LogP contribution in [-0.2, 0) is 0 Å². The zero-order valence-electron chi connectivity index (χ0n) is 18.3. The van der Waals surface area contributed by atoms with E-state index in [1.807, 2.05) is 53.4 Å². The van der Waals surface area contributed by atoms with Gasteiger partial charge >= 0.3 is 12.0 Å². The van der Waals surface area contributed by atoms with Crippen LogP contribution in [0.3, 0.4) is 0 Å². The van der Waals surface area contributed by atoms with Gasteiger partial charge in [0.15, 0.2) is 0 Å². The Kier molecular flexibility index (Phi) is 6.12. The number of carboxylic acids is 1. The first-order chi connectivity index (χ1) is 15.5. The van der Waals surface area contributed by atoms with Gasteiger partial charge in [-0.1, -0.05) is 68.3 Å². The highest BCUT2D eigenvalue weighted by molar-refractivity contribution is 6.16. The van der Waals surface area contributed by atoms with Crippen LogP contribution >= 0.6 is 0 Å². The smallest absolute Gasteiger partial charge is 0.337 e. The second-order valence-corrected chi connectivity index (χ2v) is 7.85. The lowest BCUT2D eigenvalue weighted by Gasteiger charge is -2.43. The molecule has 0 aliphatic carbocycles. The molecule has 0 saturated heterocycles. The van der Waals surface area contributed by atoms with Gasteiger partial charge in [0, 0.05) is 19.2 Å². The molecule has 2 bridgehead atoms. The summed E-state index contributed by atoms with van der Waals surface area (Å²) in [6, 6.07) is 20.7. The van der Waals surface area contributed by atoms with Gasteiger partial charge in [0.05, 0.1) is 28.3 Å². The predicted molar refractivity (Wildman–Crippen MR) is 128 cm³/mol. The van der Waals surface area contributed by atoms with E-state index in [1.54, 1.807) is 30.1 Å². The fraction of sp³-hybridized carbons (Fsp3) is 0.231. The van der Waals surface area contributed by atoms with Gasteiger partial charge in [-0.25, -0.2) is 9.59 Å². The summed E-state index contributed by atoms with van der Waals surface area (Å²) in [6.07, 6.45) is 3.11. The van der Waals surface area contributed by atoms with Gasteiger partial charge in [-0.15, -0.1) is 0 Å². The number of aromatic carboxylic acids is 1. The number of fused-ring (bicyclic) bond motifs is 2. The molecule has 0 saturated carbocycles. The van der Waals surface area contributed by atoms with E-state index >= 15 is 0 Å². The highest BCUT2D eigenvalue weighted by Crippen LogP contribution is 2.59. The number of hydrogen-bond donors (Lipinski definition) is 2. The number of nitrogens with one attached hydrogen (secondary N) is 1. The maximum Gasteiger partial charge on any atom is 0.337 e. The third-order valence-electron chi connectivity index (χ3n) is 5.75. The third kappa shape index (κ3) is 3.80. The molecule has 0 fully saturated rings. The first kappa shape index (κ1) is 21.4. The minimum Gasteiger partial charge on any atom is -0.478 e. The Morgan fingerprint density at radius 3 is 2.38 bits per heavy atom. The van der Waals surface area contributed by atoms with Crippen LogP contribution in [0, 0.1) is 0 Å². The summed E-state index contributed by atoms with van der Waals surface area (Å²) in [7, 11) is 1.76. The van der Waals surface area contributed by atoms with Crippen LogP contribution in [0.25, 0.3) is 11.1 Å². The molecule has 32 heavy (non-hydrogen) atoms. The number of nitrogens with zero attached hydrogens (tertiary/aromatic N) is 2. The molecule has 3 aromatic carbocycles. The molecule has 0 unspecified atom stereocenters. The molecular formula is C26H27N3O3. The molecule has 0 radical (unpaired) electrons. The number of carbonyl (C=O) groups excluding carboxylic acids is 1. The molecule has 6 nitrogen and oxygen atoms in total. The quantitative estimate of drug-likeness (QED) is 0.329. The Morgan fingerprint density at radius 1 is 0.938 bits per heavy atom. The van der Waals surface area contributed by atoms with E-state index < -0.39 is 5.97 Å². The van der Waals surface area contributed by atoms with Gasteiger partial charge in [-0.2, -0.15) is 0 Å². The molecule has 1 heterocycles.